The Bertz CT molecular complexity index is 843. The number of piperidine rings is 1. The smallest absolute Gasteiger partial charge is 0.338 e. The van der Waals surface area contributed by atoms with Gasteiger partial charge in [0.2, 0.25) is 0 Å². The number of rotatable bonds is 7. The van der Waals surface area contributed by atoms with Crippen LogP contribution >= 0.6 is 0 Å². The van der Waals surface area contributed by atoms with Crippen LogP contribution in [-0.2, 0) is 16.1 Å². The van der Waals surface area contributed by atoms with Crippen LogP contribution in [-0.4, -0.2) is 36.5 Å². The highest BCUT2D eigenvalue weighted by molar-refractivity contribution is 5.93. The van der Waals surface area contributed by atoms with Crippen LogP contribution in [0.2, 0.25) is 0 Å². The first kappa shape index (κ1) is 19.4. The van der Waals surface area contributed by atoms with E-state index in [9.17, 15) is 19.7 Å². The molecule has 0 atom stereocenters. The maximum Gasteiger partial charge on any atom is 0.338 e. The third-order valence-corrected chi connectivity index (χ3v) is 4.48. The normalized spacial score (nSPS) is 13.8. The van der Waals surface area contributed by atoms with Crippen LogP contribution in [0.4, 0.5) is 11.4 Å². The minimum Gasteiger partial charge on any atom is -0.467 e. The number of ether oxygens (including phenoxy) is 1. The number of esters is 1. The second-order valence-electron chi connectivity index (χ2n) is 6.44. The van der Waals surface area contributed by atoms with Crippen molar-refractivity contribution in [1.29, 1.82) is 0 Å². The minimum absolute atomic E-state index is 0.0336. The molecule has 9 heteroatoms. The van der Waals surface area contributed by atoms with Gasteiger partial charge in [0.25, 0.3) is 11.6 Å². The number of nitrogens with one attached hydrogen (secondary N) is 1. The molecule has 1 N–H and O–H groups in total. The van der Waals surface area contributed by atoms with Crippen LogP contribution in [0.15, 0.2) is 41.0 Å². The predicted molar refractivity (Wildman–Crippen MR) is 100.0 cm³/mol. The van der Waals surface area contributed by atoms with Crippen LogP contribution < -0.4 is 10.2 Å². The van der Waals surface area contributed by atoms with Gasteiger partial charge in [0, 0.05) is 19.2 Å². The topological polar surface area (TPSA) is 115 Å². The third-order valence-electron chi connectivity index (χ3n) is 4.48. The Morgan fingerprint density at radius 1 is 1.21 bits per heavy atom. The van der Waals surface area contributed by atoms with Gasteiger partial charge in [0.05, 0.1) is 23.3 Å². The van der Waals surface area contributed by atoms with Gasteiger partial charge >= 0.3 is 5.97 Å². The van der Waals surface area contributed by atoms with Gasteiger partial charge in [0.1, 0.15) is 11.4 Å². The van der Waals surface area contributed by atoms with E-state index < -0.39 is 23.4 Å². The van der Waals surface area contributed by atoms with Gasteiger partial charge in [-0.2, -0.15) is 0 Å². The summed E-state index contributed by atoms with van der Waals surface area (Å²) < 4.78 is 10.0. The Balaban J connectivity index is 1.60. The van der Waals surface area contributed by atoms with E-state index in [1.807, 2.05) is 4.90 Å². The fourth-order valence-corrected chi connectivity index (χ4v) is 3.06. The molecule has 1 aliphatic rings. The SMILES string of the molecule is O=C(COC(=O)c1ccc(N2CCCCC2)c([N+](=O)[O-])c1)NCc1ccco1. The fraction of sp³-hybridized carbons (Fsp3) is 0.368. The summed E-state index contributed by atoms with van der Waals surface area (Å²) in [6.07, 6.45) is 4.56. The van der Waals surface area contributed by atoms with E-state index in [2.05, 4.69) is 5.32 Å². The van der Waals surface area contributed by atoms with Gasteiger partial charge in [-0.1, -0.05) is 0 Å². The van der Waals surface area contributed by atoms with E-state index in [-0.39, 0.29) is 17.8 Å². The van der Waals surface area contributed by atoms with Crippen LogP contribution in [0.1, 0.15) is 35.4 Å². The van der Waals surface area contributed by atoms with Crippen molar-refractivity contribution in [3.8, 4) is 0 Å². The predicted octanol–water partition coefficient (Wildman–Crippen LogP) is 2.65. The van der Waals surface area contributed by atoms with Crippen LogP contribution in [0, 0.1) is 10.1 Å². The summed E-state index contributed by atoms with van der Waals surface area (Å²) in [6.45, 7) is 1.20. The number of furan rings is 1. The lowest BCUT2D eigenvalue weighted by Crippen LogP contribution is -2.30. The average molecular weight is 387 g/mol. The Morgan fingerprint density at radius 3 is 2.68 bits per heavy atom. The molecule has 1 aromatic carbocycles. The molecule has 0 unspecified atom stereocenters. The molecule has 0 bridgehead atoms. The molecule has 1 aliphatic heterocycles. The van der Waals surface area contributed by atoms with Crippen molar-refractivity contribution in [3.05, 3.63) is 58.0 Å². The number of hydrogen-bond acceptors (Lipinski definition) is 7. The van der Waals surface area contributed by atoms with Crippen molar-refractivity contribution in [2.24, 2.45) is 0 Å². The second kappa shape index (κ2) is 9.03. The molecule has 0 saturated carbocycles. The number of carbonyl (C=O) groups excluding carboxylic acids is 2. The van der Waals surface area contributed by atoms with E-state index in [4.69, 9.17) is 9.15 Å². The Labute approximate surface area is 161 Å². The van der Waals surface area contributed by atoms with Gasteiger partial charge < -0.3 is 19.4 Å². The van der Waals surface area contributed by atoms with Gasteiger partial charge in [-0.3, -0.25) is 14.9 Å². The van der Waals surface area contributed by atoms with E-state index in [1.165, 1.54) is 18.4 Å². The quantitative estimate of drug-likeness (QED) is 0.441. The molecule has 1 fully saturated rings. The maximum absolute atomic E-state index is 12.2. The van der Waals surface area contributed by atoms with Crippen molar-refractivity contribution >= 4 is 23.3 Å². The Kier molecular flexibility index (Phi) is 6.25. The van der Waals surface area contributed by atoms with E-state index in [0.717, 1.165) is 32.4 Å². The molecular weight excluding hydrogens is 366 g/mol. The monoisotopic (exact) mass is 387 g/mol. The molecule has 28 heavy (non-hydrogen) atoms. The highest BCUT2D eigenvalue weighted by Gasteiger charge is 2.23. The molecule has 148 valence electrons. The van der Waals surface area contributed by atoms with Gasteiger partial charge in [-0.05, 0) is 43.5 Å². The van der Waals surface area contributed by atoms with E-state index in [0.29, 0.717) is 11.4 Å². The second-order valence-corrected chi connectivity index (χ2v) is 6.44. The van der Waals surface area contributed by atoms with Gasteiger partial charge in [0.15, 0.2) is 6.61 Å². The molecule has 1 aromatic heterocycles. The largest absolute Gasteiger partial charge is 0.467 e. The Hall–Kier alpha value is -3.36. The number of nitro benzene ring substituents is 1. The highest BCUT2D eigenvalue weighted by Crippen LogP contribution is 2.31. The first-order valence-electron chi connectivity index (χ1n) is 9.04. The lowest BCUT2D eigenvalue weighted by atomic mass is 10.1. The lowest BCUT2D eigenvalue weighted by molar-refractivity contribution is -0.384. The van der Waals surface area contributed by atoms with Gasteiger partial charge in [-0.25, -0.2) is 4.79 Å². The first-order valence-corrected chi connectivity index (χ1v) is 9.04. The number of anilines is 1. The molecule has 0 spiro atoms. The van der Waals surface area contributed by atoms with Gasteiger partial charge in [-0.15, -0.1) is 0 Å². The number of amides is 1. The highest BCUT2D eigenvalue weighted by atomic mass is 16.6. The fourth-order valence-electron chi connectivity index (χ4n) is 3.06. The van der Waals surface area contributed by atoms with Crippen LogP contribution in [0.25, 0.3) is 0 Å². The number of benzene rings is 1. The number of nitro groups is 1. The van der Waals surface area contributed by atoms with Crippen molar-refractivity contribution in [1.82, 2.24) is 5.32 Å². The molecule has 2 heterocycles. The zero-order valence-corrected chi connectivity index (χ0v) is 15.3. The summed E-state index contributed by atoms with van der Waals surface area (Å²) >= 11 is 0. The summed E-state index contributed by atoms with van der Waals surface area (Å²) in [5.41, 5.74) is 0.391. The zero-order valence-electron chi connectivity index (χ0n) is 15.3. The summed E-state index contributed by atoms with van der Waals surface area (Å²) in [7, 11) is 0. The van der Waals surface area contributed by atoms with Crippen molar-refractivity contribution in [2.75, 3.05) is 24.6 Å². The minimum atomic E-state index is -0.790. The molecular formula is C19H21N3O6. The van der Waals surface area contributed by atoms with E-state index in [1.54, 1.807) is 18.2 Å². The number of nitrogens with zero attached hydrogens (tertiary/aromatic N) is 2. The zero-order chi connectivity index (χ0) is 19.9. The Morgan fingerprint density at radius 2 is 2.00 bits per heavy atom. The van der Waals surface area contributed by atoms with Crippen LogP contribution in [0.3, 0.4) is 0 Å². The molecule has 3 rings (SSSR count). The summed E-state index contributed by atoms with van der Waals surface area (Å²) in [6, 6.07) is 7.65. The first-order chi connectivity index (χ1) is 13.5. The summed E-state index contributed by atoms with van der Waals surface area (Å²) in [4.78, 5) is 36.9. The summed E-state index contributed by atoms with van der Waals surface area (Å²) in [5.74, 6) is -0.714. The van der Waals surface area contributed by atoms with Crippen molar-refractivity contribution in [3.63, 3.8) is 0 Å². The molecule has 9 nitrogen and oxygen atoms in total. The third kappa shape index (κ3) is 4.87. The average Bonchev–Trinajstić information content (AvgIpc) is 3.24. The number of carbonyl (C=O) groups is 2. The lowest BCUT2D eigenvalue weighted by Gasteiger charge is -2.28. The van der Waals surface area contributed by atoms with Crippen LogP contribution in [0.5, 0.6) is 0 Å². The van der Waals surface area contributed by atoms with Crippen molar-refractivity contribution in [2.45, 2.75) is 25.8 Å². The standard InChI is InChI=1S/C19H21N3O6/c23-18(20-12-15-5-4-10-27-15)13-28-19(24)14-6-7-16(17(11-14)22(25)26)21-8-2-1-3-9-21/h4-7,10-11H,1-3,8-9,12-13H2,(H,20,23). The molecule has 0 radical (unpaired) electrons. The van der Waals surface area contributed by atoms with E-state index >= 15 is 0 Å². The number of hydrogen-bond donors (Lipinski definition) is 1. The summed E-state index contributed by atoms with van der Waals surface area (Å²) in [5, 5.41) is 14.0. The van der Waals surface area contributed by atoms with Crippen molar-refractivity contribution < 1.29 is 23.7 Å². The maximum atomic E-state index is 12.2. The molecule has 1 amide bonds. The molecule has 2 aromatic rings. The molecule has 0 aliphatic carbocycles. The molecule has 1 saturated heterocycles.